The summed E-state index contributed by atoms with van der Waals surface area (Å²) in [6, 6.07) is 58.5. The third-order valence-electron chi connectivity index (χ3n) is 16.8. The first-order chi connectivity index (χ1) is 46.3. The molecule has 3 aliphatic rings. The lowest BCUT2D eigenvalue weighted by Crippen LogP contribution is -2.12. The van der Waals surface area contributed by atoms with Crippen molar-refractivity contribution in [3.63, 3.8) is 0 Å². The van der Waals surface area contributed by atoms with Gasteiger partial charge in [-0.05, 0) is 184 Å². The minimum absolute atomic E-state index is 0.00609. The number of nitrogens with one attached hydrogen (secondary N) is 6. The van der Waals surface area contributed by atoms with Gasteiger partial charge in [-0.25, -0.2) is 29.6 Å². The van der Waals surface area contributed by atoms with E-state index in [0.717, 1.165) is 141 Å². The van der Waals surface area contributed by atoms with E-state index in [-0.39, 0.29) is 17.7 Å². The van der Waals surface area contributed by atoms with Gasteiger partial charge in [0.2, 0.25) is 0 Å². The van der Waals surface area contributed by atoms with Gasteiger partial charge in [0, 0.05) is 121 Å². The minimum atomic E-state index is -0.0105. The molecule has 0 spiro atoms. The van der Waals surface area contributed by atoms with Crippen molar-refractivity contribution in [2.75, 3.05) is 16.0 Å². The topological polar surface area (TPSA) is 237 Å². The molecule has 94 heavy (non-hydrogen) atoms. The molecule has 21 nitrogen and oxygen atoms in total. The van der Waals surface area contributed by atoms with Crippen LogP contribution in [0.2, 0.25) is 0 Å². The Hall–Kier alpha value is -13.3. The molecule has 9 aromatic heterocycles. The van der Waals surface area contributed by atoms with Gasteiger partial charge >= 0.3 is 0 Å². The monoisotopic (exact) mass is 1230 g/mol. The molecule has 21 heteroatoms. The Morgan fingerprint density at radius 3 is 1.21 bits per heavy atom. The maximum atomic E-state index is 11.9. The molecule has 0 fully saturated rings. The molecule has 0 atom stereocenters. The first kappa shape index (κ1) is 56.0. The molecular weight excluding hydrogens is 1180 g/mol. The number of nitrogens with zero attached hydrogens (tertiary/aromatic N) is 12. The van der Waals surface area contributed by atoms with Gasteiger partial charge in [-0.3, -0.25) is 32.6 Å². The third-order valence-corrected chi connectivity index (χ3v) is 16.8. The molecule has 0 bridgehead atoms. The van der Waals surface area contributed by atoms with Crippen molar-refractivity contribution in [1.29, 1.82) is 0 Å². The predicted octanol–water partition coefficient (Wildman–Crippen LogP) is 12.8. The number of anilines is 6. The van der Waals surface area contributed by atoms with E-state index < -0.39 is 0 Å². The Morgan fingerprint density at radius 1 is 0.372 bits per heavy atom. The second-order valence-electron chi connectivity index (χ2n) is 22.5. The fourth-order valence-corrected chi connectivity index (χ4v) is 12.1. The number of amides is 3. The highest BCUT2D eigenvalue weighted by molar-refractivity contribution is 6.00. The number of hydrogen-bond acceptors (Lipinski definition) is 13. The zero-order valence-electron chi connectivity index (χ0n) is 50.0. The Labute approximate surface area is 536 Å². The summed E-state index contributed by atoms with van der Waals surface area (Å²) < 4.78 is 9.86. The van der Waals surface area contributed by atoms with Gasteiger partial charge in [-0.2, -0.15) is 5.10 Å². The number of carbonyl (C=O) groups excluding carboxylic acids is 3. The zero-order chi connectivity index (χ0) is 63.1. The second kappa shape index (κ2) is 23.9. The van der Waals surface area contributed by atoms with Gasteiger partial charge in [0.25, 0.3) is 17.7 Å². The molecular formula is C73H54N18O3. The number of hydrogen-bond donors (Lipinski definition) is 6. The molecule has 3 amide bonds. The third kappa shape index (κ3) is 10.8. The summed E-state index contributed by atoms with van der Waals surface area (Å²) in [4.78, 5) is 61.5. The highest BCUT2D eigenvalue weighted by Crippen LogP contribution is 2.35. The Morgan fingerprint density at radius 2 is 0.809 bits per heavy atom. The van der Waals surface area contributed by atoms with Crippen LogP contribution in [0.15, 0.2) is 257 Å². The Balaban J connectivity index is 0.000000112. The summed E-state index contributed by atoms with van der Waals surface area (Å²) in [5, 5.41) is 23.2. The first-order valence-electron chi connectivity index (χ1n) is 30.3. The zero-order valence-corrected chi connectivity index (χ0v) is 50.0. The molecule has 454 valence electrons. The first-order valence-corrected chi connectivity index (χ1v) is 30.3. The van der Waals surface area contributed by atoms with Crippen molar-refractivity contribution in [3.8, 4) is 56.3 Å². The summed E-state index contributed by atoms with van der Waals surface area (Å²) in [6.45, 7) is 1.72. The van der Waals surface area contributed by atoms with E-state index >= 15 is 0 Å². The van der Waals surface area contributed by atoms with E-state index in [9.17, 15) is 14.4 Å². The van der Waals surface area contributed by atoms with E-state index in [1.165, 1.54) is 6.33 Å². The molecule has 0 saturated heterocycles. The summed E-state index contributed by atoms with van der Waals surface area (Å²) in [5.41, 5.74) is 23.9. The van der Waals surface area contributed by atoms with Crippen LogP contribution in [-0.2, 0) is 19.6 Å². The van der Waals surface area contributed by atoms with E-state index in [1.54, 1.807) is 48.3 Å². The normalized spacial score (nSPS) is 12.7. The lowest BCUT2D eigenvalue weighted by atomic mass is 10.0. The number of aromatic nitrogens is 12. The van der Waals surface area contributed by atoms with E-state index in [4.69, 9.17) is 0 Å². The highest BCUT2D eigenvalue weighted by atomic mass is 16.2. The quantitative estimate of drug-likeness (QED) is 0.0668. The van der Waals surface area contributed by atoms with Gasteiger partial charge in [0.05, 0.1) is 46.2 Å². The highest BCUT2D eigenvalue weighted by Gasteiger charge is 2.23. The standard InChI is InChI=1S/C26H19N5O.C24H18N6O.C23H17N7O/c32-26-22-8-5-18(14-20(22)16-29-26)24-10-9-23(25-28-12-13-31(24)25)30-21-6-3-17(4-7-21)19-2-1-11-27-15-19;31-24-20-6-1-16(13-17(20)14-27-24)22-8-7-21(23-26-10-12-30(22)23)28-18-2-4-19(5-3-18)29-11-9-25-15-29;31-23-19-6-1-15(11-16(19)12-26-23)21-8-7-20(22-25-9-10-29(21)22)28-17-2-4-18(5-3-17)30-14-24-13-27-30/h1-15,30H,16H2,(H,29,32);1-13,15,28H,14H2,(H,27,31);1-11,13-14,28H,12H2,(H,26,31). The summed E-state index contributed by atoms with van der Waals surface area (Å²) in [6.07, 6.45) is 23.5. The van der Waals surface area contributed by atoms with Crippen molar-refractivity contribution in [1.82, 2.24) is 73.4 Å². The van der Waals surface area contributed by atoms with Crippen LogP contribution in [-0.4, -0.2) is 75.2 Å². The molecule has 15 aromatic rings. The van der Waals surface area contributed by atoms with Gasteiger partial charge in [-0.15, -0.1) is 0 Å². The number of benzene rings is 6. The predicted molar refractivity (Wildman–Crippen MR) is 360 cm³/mol. The summed E-state index contributed by atoms with van der Waals surface area (Å²) >= 11 is 0. The van der Waals surface area contributed by atoms with Crippen molar-refractivity contribution < 1.29 is 14.4 Å². The molecule has 18 rings (SSSR count). The summed E-state index contributed by atoms with van der Waals surface area (Å²) in [5.74, 6) is -0.0231. The lowest BCUT2D eigenvalue weighted by molar-refractivity contribution is 0.0957. The molecule has 0 aliphatic carbocycles. The molecule has 0 unspecified atom stereocenters. The average molecular weight is 1230 g/mol. The van der Waals surface area contributed by atoms with Crippen LogP contribution in [0.4, 0.5) is 34.1 Å². The van der Waals surface area contributed by atoms with Crippen LogP contribution in [0.5, 0.6) is 0 Å². The summed E-state index contributed by atoms with van der Waals surface area (Å²) in [7, 11) is 0. The molecule has 6 aromatic carbocycles. The number of pyridine rings is 4. The van der Waals surface area contributed by atoms with Crippen LogP contribution >= 0.6 is 0 Å². The minimum Gasteiger partial charge on any atom is -0.352 e. The average Bonchev–Trinajstić information content (AvgIpc) is 1.58. The van der Waals surface area contributed by atoms with E-state index in [2.05, 4.69) is 141 Å². The van der Waals surface area contributed by atoms with Crippen LogP contribution < -0.4 is 31.9 Å². The largest absolute Gasteiger partial charge is 0.352 e. The van der Waals surface area contributed by atoms with E-state index in [0.29, 0.717) is 19.6 Å². The molecule has 12 heterocycles. The maximum absolute atomic E-state index is 11.9. The number of imidazole rings is 4. The van der Waals surface area contributed by atoms with Crippen LogP contribution in [0.25, 0.3) is 73.2 Å². The van der Waals surface area contributed by atoms with E-state index in [1.807, 2.05) is 151 Å². The van der Waals surface area contributed by atoms with Crippen molar-refractivity contribution in [3.05, 3.63) is 290 Å². The van der Waals surface area contributed by atoms with Crippen molar-refractivity contribution in [2.24, 2.45) is 0 Å². The Kier molecular flexibility index (Phi) is 14.2. The van der Waals surface area contributed by atoms with Gasteiger partial charge in [0.15, 0.2) is 16.9 Å². The molecule has 0 radical (unpaired) electrons. The fourth-order valence-electron chi connectivity index (χ4n) is 12.1. The van der Waals surface area contributed by atoms with Crippen LogP contribution in [0.3, 0.4) is 0 Å². The van der Waals surface area contributed by atoms with Crippen molar-refractivity contribution >= 4 is 68.8 Å². The SMILES string of the molecule is O=C1NCc2cc(-c3ccc(Nc4ccc(-c5cccnc5)cc4)c4nccn34)ccc21.O=C1NCc2cc(-c3ccc(Nc4ccc(-n5ccnc5)cc4)c4nccn34)ccc21.O=C1NCc2cc(-c3ccc(Nc4ccc(-n5cncn5)cc4)c4nccn34)ccc21. The molecule has 6 N–H and O–H groups in total. The maximum Gasteiger partial charge on any atom is 0.251 e. The fraction of sp³-hybridized carbons (Fsp3) is 0.0411. The number of carbonyl (C=O) groups is 3. The molecule has 3 aliphatic heterocycles. The number of fused-ring (bicyclic) bond motifs is 6. The van der Waals surface area contributed by atoms with Gasteiger partial charge in [0.1, 0.15) is 12.7 Å². The smallest absolute Gasteiger partial charge is 0.251 e. The number of rotatable bonds is 12. The Bertz CT molecular complexity index is 5130. The molecule has 0 saturated carbocycles. The van der Waals surface area contributed by atoms with Crippen LogP contribution in [0.1, 0.15) is 47.8 Å². The van der Waals surface area contributed by atoms with Crippen LogP contribution in [0, 0.1) is 0 Å². The van der Waals surface area contributed by atoms with Gasteiger partial charge in [-0.1, -0.05) is 36.4 Å². The van der Waals surface area contributed by atoms with Gasteiger partial charge < -0.3 is 36.5 Å². The lowest BCUT2D eigenvalue weighted by Gasteiger charge is -2.13. The van der Waals surface area contributed by atoms with Crippen molar-refractivity contribution in [2.45, 2.75) is 19.6 Å². The second-order valence-corrected chi connectivity index (χ2v) is 22.5.